The Balaban J connectivity index is 1.76. The molecule has 0 aliphatic carbocycles. The summed E-state index contributed by atoms with van der Waals surface area (Å²) in [6.45, 7) is 1.50. The second-order valence-corrected chi connectivity index (χ2v) is 5.81. The molecule has 2 heterocycles. The number of hydrogen-bond acceptors (Lipinski definition) is 4. The lowest BCUT2D eigenvalue weighted by Crippen LogP contribution is -2.34. The highest BCUT2D eigenvalue weighted by Crippen LogP contribution is 2.37. The number of terminal acetylenes is 1. The van der Waals surface area contributed by atoms with Gasteiger partial charge in [-0.1, -0.05) is 17.5 Å². The summed E-state index contributed by atoms with van der Waals surface area (Å²) in [6.07, 6.45) is 7.69. The zero-order valence-corrected chi connectivity index (χ0v) is 14.2. The first-order valence-corrected chi connectivity index (χ1v) is 8.16. The average molecular weight is 361 g/mol. The van der Waals surface area contributed by atoms with Crippen molar-refractivity contribution in [2.75, 3.05) is 25.1 Å². The number of amides is 2. The van der Waals surface area contributed by atoms with Crippen LogP contribution in [0.2, 0.25) is 5.02 Å². The number of halogens is 1. The van der Waals surface area contributed by atoms with Gasteiger partial charge in [-0.25, -0.2) is 4.79 Å². The Morgan fingerprint density at radius 1 is 1.32 bits per heavy atom. The van der Waals surface area contributed by atoms with E-state index in [1.807, 2.05) is 0 Å². The third-order valence-electron chi connectivity index (χ3n) is 3.57. The Labute approximate surface area is 150 Å². The Kier molecular flexibility index (Phi) is 5.36. The number of fused-ring (bicyclic) bond motifs is 1. The van der Waals surface area contributed by atoms with E-state index in [0.717, 1.165) is 6.42 Å². The first kappa shape index (κ1) is 17.1. The van der Waals surface area contributed by atoms with Crippen molar-refractivity contribution in [2.24, 2.45) is 0 Å². The summed E-state index contributed by atoms with van der Waals surface area (Å²) in [5.41, 5.74) is 0.428. The van der Waals surface area contributed by atoms with Crippen LogP contribution in [0.15, 0.2) is 34.9 Å². The smallest absolute Gasteiger partial charge is 0.323 e. The molecule has 3 rings (SSSR count). The molecular weight excluding hydrogens is 344 g/mol. The van der Waals surface area contributed by atoms with Crippen molar-refractivity contribution in [3.8, 4) is 23.8 Å². The Morgan fingerprint density at radius 3 is 2.76 bits per heavy atom. The van der Waals surface area contributed by atoms with Crippen molar-refractivity contribution in [1.82, 2.24) is 4.90 Å². The zero-order valence-electron chi connectivity index (χ0n) is 13.5. The maximum Gasteiger partial charge on any atom is 0.323 e. The number of furan rings is 1. The largest absolute Gasteiger partial charge is 0.490 e. The van der Waals surface area contributed by atoms with Crippen LogP contribution >= 0.6 is 11.6 Å². The van der Waals surface area contributed by atoms with Crippen LogP contribution in [0.25, 0.3) is 0 Å². The molecule has 25 heavy (non-hydrogen) atoms. The van der Waals surface area contributed by atoms with Gasteiger partial charge in [0.15, 0.2) is 11.5 Å². The van der Waals surface area contributed by atoms with Gasteiger partial charge in [0.05, 0.1) is 43.3 Å². The lowest BCUT2D eigenvalue weighted by atomic mass is 10.2. The van der Waals surface area contributed by atoms with E-state index in [1.165, 1.54) is 4.90 Å². The number of nitrogens with one attached hydrogen (secondary N) is 1. The fraction of sp³-hybridized carbons (Fsp3) is 0.278. The van der Waals surface area contributed by atoms with Crippen LogP contribution in [0, 0.1) is 12.3 Å². The van der Waals surface area contributed by atoms with Gasteiger partial charge in [-0.05, 0) is 12.1 Å². The molecule has 1 N–H and O–H groups in total. The van der Waals surface area contributed by atoms with Crippen LogP contribution < -0.4 is 14.8 Å². The van der Waals surface area contributed by atoms with Gasteiger partial charge in [0, 0.05) is 18.6 Å². The molecule has 2 amide bonds. The molecule has 0 spiro atoms. The fourth-order valence-electron chi connectivity index (χ4n) is 2.37. The molecule has 7 heteroatoms. The van der Waals surface area contributed by atoms with Crippen LogP contribution in [-0.2, 0) is 6.54 Å². The molecule has 0 unspecified atom stereocenters. The molecule has 0 saturated heterocycles. The number of benzene rings is 1. The number of urea groups is 1. The van der Waals surface area contributed by atoms with E-state index in [9.17, 15) is 4.79 Å². The summed E-state index contributed by atoms with van der Waals surface area (Å²) in [6, 6.07) is 6.43. The SMILES string of the molecule is C#CCN(Cc1ccco1)C(=O)Nc1cc2c(cc1Cl)OCCCO2. The van der Waals surface area contributed by atoms with Gasteiger partial charge in [0.1, 0.15) is 5.76 Å². The molecule has 6 nitrogen and oxygen atoms in total. The third kappa shape index (κ3) is 4.20. The highest BCUT2D eigenvalue weighted by molar-refractivity contribution is 6.34. The summed E-state index contributed by atoms with van der Waals surface area (Å²) in [5.74, 6) is 4.21. The molecule has 0 radical (unpaired) electrons. The van der Waals surface area contributed by atoms with E-state index < -0.39 is 0 Å². The molecule has 2 aromatic rings. The van der Waals surface area contributed by atoms with Gasteiger partial charge in [0.2, 0.25) is 0 Å². The highest BCUT2D eigenvalue weighted by atomic mass is 35.5. The summed E-state index contributed by atoms with van der Waals surface area (Å²) in [5, 5.41) is 3.12. The number of nitrogens with zero attached hydrogens (tertiary/aromatic N) is 1. The molecular formula is C18H17ClN2O4. The Bertz CT molecular complexity index is 783. The lowest BCUT2D eigenvalue weighted by molar-refractivity contribution is 0.211. The molecule has 1 aliphatic heterocycles. The van der Waals surface area contributed by atoms with E-state index >= 15 is 0 Å². The van der Waals surface area contributed by atoms with E-state index in [4.69, 9.17) is 31.9 Å². The molecule has 130 valence electrons. The minimum absolute atomic E-state index is 0.134. The maximum absolute atomic E-state index is 12.6. The quantitative estimate of drug-likeness (QED) is 0.843. The number of carbonyl (C=O) groups excluding carboxylic acids is 1. The standard InChI is InChI=1S/C18H17ClN2O4/c1-2-6-21(12-13-5-3-7-23-13)18(22)20-15-11-17-16(10-14(15)19)24-8-4-9-25-17/h1,3,5,7,10-11H,4,6,8-9,12H2,(H,20,22). The second kappa shape index (κ2) is 7.86. The van der Waals surface area contributed by atoms with Gasteiger partial charge in [-0.15, -0.1) is 6.42 Å². The second-order valence-electron chi connectivity index (χ2n) is 5.40. The maximum atomic E-state index is 12.6. The zero-order chi connectivity index (χ0) is 17.6. The van der Waals surface area contributed by atoms with Crippen LogP contribution in [-0.4, -0.2) is 30.7 Å². The summed E-state index contributed by atoms with van der Waals surface area (Å²) >= 11 is 6.26. The van der Waals surface area contributed by atoms with Crippen molar-refractivity contribution < 1.29 is 18.7 Å². The Morgan fingerprint density at radius 2 is 2.08 bits per heavy atom. The monoisotopic (exact) mass is 360 g/mol. The van der Waals surface area contributed by atoms with Gasteiger partial charge >= 0.3 is 6.03 Å². The first-order chi connectivity index (χ1) is 12.2. The van der Waals surface area contributed by atoms with Gasteiger partial charge in [-0.2, -0.15) is 0 Å². The highest BCUT2D eigenvalue weighted by Gasteiger charge is 2.19. The van der Waals surface area contributed by atoms with Crippen LogP contribution in [0.5, 0.6) is 11.5 Å². The van der Waals surface area contributed by atoms with E-state index in [0.29, 0.717) is 41.2 Å². The molecule has 1 aliphatic rings. The molecule has 0 fully saturated rings. The third-order valence-corrected chi connectivity index (χ3v) is 3.89. The van der Waals surface area contributed by atoms with Gasteiger partial charge in [0.25, 0.3) is 0 Å². The fourth-order valence-corrected chi connectivity index (χ4v) is 2.58. The van der Waals surface area contributed by atoms with Crippen molar-refractivity contribution in [3.05, 3.63) is 41.3 Å². The number of ether oxygens (including phenoxy) is 2. The molecule has 0 atom stereocenters. The van der Waals surface area contributed by atoms with Crippen LogP contribution in [0.3, 0.4) is 0 Å². The molecule has 1 aromatic heterocycles. The molecule has 1 aromatic carbocycles. The average Bonchev–Trinajstić information content (AvgIpc) is 3.00. The van der Waals surface area contributed by atoms with Crippen LogP contribution in [0.4, 0.5) is 10.5 Å². The molecule has 0 saturated carbocycles. The van der Waals surface area contributed by atoms with E-state index in [2.05, 4.69) is 11.2 Å². The molecule has 0 bridgehead atoms. The number of anilines is 1. The first-order valence-electron chi connectivity index (χ1n) is 7.78. The normalized spacial score (nSPS) is 12.8. The number of hydrogen-bond donors (Lipinski definition) is 1. The topological polar surface area (TPSA) is 63.9 Å². The minimum Gasteiger partial charge on any atom is -0.490 e. The summed E-state index contributed by atoms with van der Waals surface area (Å²) in [4.78, 5) is 14.0. The van der Waals surface area contributed by atoms with E-state index in [1.54, 1.807) is 30.5 Å². The van der Waals surface area contributed by atoms with Crippen molar-refractivity contribution in [3.63, 3.8) is 0 Å². The summed E-state index contributed by atoms with van der Waals surface area (Å²) in [7, 11) is 0. The van der Waals surface area contributed by atoms with Gasteiger partial charge in [-0.3, -0.25) is 0 Å². The lowest BCUT2D eigenvalue weighted by Gasteiger charge is -2.20. The van der Waals surface area contributed by atoms with Crippen LogP contribution in [0.1, 0.15) is 12.2 Å². The van der Waals surface area contributed by atoms with Crippen molar-refractivity contribution in [2.45, 2.75) is 13.0 Å². The van der Waals surface area contributed by atoms with Crippen molar-refractivity contribution in [1.29, 1.82) is 0 Å². The minimum atomic E-state index is -0.384. The predicted molar refractivity (Wildman–Crippen MR) is 94.0 cm³/mol. The van der Waals surface area contributed by atoms with E-state index in [-0.39, 0.29) is 19.1 Å². The summed E-state index contributed by atoms with van der Waals surface area (Å²) < 4.78 is 16.5. The van der Waals surface area contributed by atoms with Gasteiger partial charge < -0.3 is 24.1 Å². The van der Waals surface area contributed by atoms with Crippen molar-refractivity contribution >= 4 is 23.3 Å². The predicted octanol–water partition coefficient (Wildman–Crippen LogP) is 3.76. The number of carbonyl (C=O) groups is 1. The number of rotatable bonds is 4. The Hall–Kier alpha value is -2.78.